The number of halogens is 1. The van der Waals surface area contributed by atoms with Gasteiger partial charge in [-0.15, -0.1) is 0 Å². The van der Waals surface area contributed by atoms with Crippen LogP contribution in [0.5, 0.6) is 0 Å². The van der Waals surface area contributed by atoms with Crippen molar-refractivity contribution in [1.29, 1.82) is 0 Å². The van der Waals surface area contributed by atoms with Gasteiger partial charge in [0.25, 0.3) is 0 Å². The second-order valence-electron chi connectivity index (χ2n) is 5.29. The van der Waals surface area contributed by atoms with E-state index in [-0.39, 0.29) is 12.5 Å². The highest BCUT2D eigenvalue weighted by Crippen LogP contribution is 2.09. The number of aromatic nitrogens is 4. The van der Waals surface area contributed by atoms with Crippen LogP contribution in [0.4, 0.5) is 5.82 Å². The van der Waals surface area contributed by atoms with E-state index >= 15 is 0 Å². The number of anilines is 1. The third-order valence-electron chi connectivity index (χ3n) is 3.28. The van der Waals surface area contributed by atoms with Crippen LogP contribution in [0.1, 0.15) is 11.1 Å². The van der Waals surface area contributed by atoms with Gasteiger partial charge in [-0.25, -0.2) is 0 Å². The average molecular weight is 374 g/mol. The van der Waals surface area contributed by atoms with Gasteiger partial charge in [-0.2, -0.15) is 10.2 Å². The highest BCUT2D eigenvalue weighted by Gasteiger charge is 2.07. The van der Waals surface area contributed by atoms with Gasteiger partial charge in [-0.3, -0.25) is 14.2 Å². The molecule has 3 rings (SSSR count). The summed E-state index contributed by atoms with van der Waals surface area (Å²) >= 11 is 3.30. The molecule has 0 aliphatic rings. The molecule has 2 aromatic heterocycles. The van der Waals surface area contributed by atoms with Crippen molar-refractivity contribution in [3.05, 3.63) is 64.5 Å². The number of hydrogen-bond donors (Lipinski definition) is 1. The summed E-state index contributed by atoms with van der Waals surface area (Å²) in [6, 6.07) is 10.1. The zero-order chi connectivity index (χ0) is 16.2. The number of rotatable bonds is 5. The molecule has 6 nitrogen and oxygen atoms in total. The predicted octanol–water partition coefficient (Wildman–Crippen LogP) is 2.84. The molecule has 1 N–H and O–H groups in total. The maximum Gasteiger partial charge on any atom is 0.247 e. The number of nitrogens with zero attached hydrogens (tertiary/aromatic N) is 4. The standard InChI is InChI=1S/C16H16BrN5O/c1-12-2-4-13(5-3-12)9-21-7-6-15(20-21)19-16(23)11-22-10-14(17)8-18-22/h2-8,10H,9,11H2,1H3,(H,19,20,23). The first kappa shape index (κ1) is 15.5. The summed E-state index contributed by atoms with van der Waals surface area (Å²) < 4.78 is 4.20. The molecule has 3 aromatic rings. The van der Waals surface area contributed by atoms with Crippen molar-refractivity contribution >= 4 is 27.7 Å². The van der Waals surface area contributed by atoms with Crippen LogP contribution in [0.3, 0.4) is 0 Å². The Morgan fingerprint density at radius 3 is 2.70 bits per heavy atom. The van der Waals surface area contributed by atoms with Gasteiger partial charge >= 0.3 is 0 Å². The maximum absolute atomic E-state index is 12.0. The van der Waals surface area contributed by atoms with E-state index in [1.54, 1.807) is 27.8 Å². The van der Waals surface area contributed by atoms with Gasteiger partial charge < -0.3 is 5.32 Å². The van der Waals surface area contributed by atoms with Crippen molar-refractivity contribution in [1.82, 2.24) is 19.6 Å². The molecular formula is C16H16BrN5O. The number of carbonyl (C=O) groups excluding carboxylic acids is 1. The van der Waals surface area contributed by atoms with Gasteiger partial charge in [0.05, 0.1) is 17.2 Å². The maximum atomic E-state index is 12.0. The number of amides is 1. The van der Waals surface area contributed by atoms with Gasteiger partial charge in [0.2, 0.25) is 5.91 Å². The van der Waals surface area contributed by atoms with E-state index in [4.69, 9.17) is 0 Å². The van der Waals surface area contributed by atoms with E-state index in [2.05, 4.69) is 62.6 Å². The summed E-state index contributed by atoms with van der Waals surface area (Å²) in [5.74, 6) is 0.370. The molecule has 0 aliphatic carbocycles. The average Bonchev–Trinajstić information content (AvgIpc) is 3.11. The van der Waals surface area contributed by atoms with Gasteiger partial charge in [-0.05, 0) is 28.4 Å². The lowest BCUT2D eigenvalue weighted by molar-refractivity contribution is -0.116. The number of benzene rings is 1. The van der Waals surface area contributed by atoms with Gasteiger partial charge in [0, 0.05) is 18.5 Å². The highest BCUT2D eigenvalue weighted by molar-refractivity contribution is 9.10. The zero-order valence-electron chi connectivity index (χ0n) is 12.6. The number of aryl methyl sites for hydroxylation is 1. The first-order chi connectivity index (χ1) is 11.1. The molecule has 118 valence electrons. The summed E-state index contributed by atoms with van der Waals surface area (Å²) in [7, 11) is 0. The fraction of sp³-hybridized carbons (Fsp3) is 0.188. The molecule has 0 bridgehead atoms. The fourth-order valence-electron chi connectivity index (χ4n) is 2.15. The van der Waals surface area contributed by atoms with Crippen molar-refractivity contribution in [2.24, 2.45) is 0 Å². The highest BCUT2D eigenvalue weighted by atomic mass is 79.9. The van der Waals surface area contributed by atoms with Crippen molar-refractivity contribution in [2.75, 3.05) is 5.32 Å². The van der Waals surface area contributed by atoms with E-state index in [1.807, 2.05) is 6.20 Å². The van der Waals surface area contributed by atoms with Crippen LogP contribution >= 0.6 is 15.9 Å². The third kappa shape index (κ3) is 4.29. The molecule has 7 heteroatoms. The van der Waals surface area contributed by atoms with Crippen molar-refractivity contribution in [2.45, 2.75) is 20.0 Å². The Bertz CT molecular complexity index is 806. The molecular weight excluding hydrogens is 358 g/mol. The first-order valence-electron chi connectivity index (χ1n) is 7.15. The molecule has 0 saturated heterocycles. The lowest BCUT2D eigenvalue weighted by Crippen LogP contribution is -2.19. The van der Waals surface area contributed by atoms with E-state index in [9.17, 15) is 4.79 Å². The molecule has 0 radical (unpaired) electrons. The summed E-state index contributed by atoms with van der Waals surface area (Å²) in [6.45, 7) is 2.88. The van der Waals surface area contributed by atoms with Crippen LogP contribution in [-0.2, 0) is 17.9 Å². The molecule has 2 heterocycles. The Morgan fingerprint density at radius 1 is 1.22 bits per heavy atom. The van der Waals surface area contributed by atoms with Gasteiger partial charge in [-0.1, -0.05) is 29.8 Å². The Morgan fingerprint density at radius 2 is 2.00 bits per heavy atom. The zero-order valence-corrected chi connectivity index (χ0v) is 14.2. The Kier molecular flexibility index (Phi) is 4.57. The molecule has 0 unspecified atom stereocenters. The first-order valence-corrected chi connectivity index (χ1v) is 7.94. The Hall–Kier alpha value is -2.41. The van der Waals surface area contributed by atoms with E-state index in [0.717, 1.165) is 10.0 Å². The van der Waals surface area contributed by atoms with Crippen molar-refractivity contribution in [3.63, 3.8) is 0 Å². The molecule has 1 amide bonds. The summed E-state index contributed by atoms with van der Waals surface area (Å²) in [5, 5.41) is 11.2. The quantitative estimate of drug-likeness (QED) is 0.747. The number of carbonyl (C=O) groups is 1. The topological polar surface area (TPSA) is 64.7 Å². The molecule has 0 fully saturated rings. The smallest absolute Gasteiger partial charge is 0.247 e. The molecule has 0 aliphatic heterocycles. The number of hydrogen-bond acceptors (Lipinski definition) is 3. The van der Waals surface area contributed by atoms with E-state index < -0.39 is 0 Å². The molecule has 0 saturated carbocycles. The monoisotopic (exact) mass is 373 g/mol. The number of nitrogens with one attached hydrogen (secondary N) is 1. The van der Waals surface area contributed by atoms with Gasteiger partial charge in [0.1, 0.15) is 6.54 Å². The fourth-order valence-corrected chi connectivity index (χ4v) is 2.48. The van der Waals surface area contributed by atoms with Gasteiger partial charge in [0.15, 0.2) is 5.82 Å². The molecule has 1 aromatic carbocycles. The van der Waals surface area contributed by atoms with Crippen LogP contribution in [0.25, 0.3) is 0 Å². The van der Waals surface area contributed by atoms with Crippen LogP contribution in [0.15, 0.2) is 53.4 Å². The van der Waals surface area contributed by atoms with Crippen molar-refractivity contribution < 1.29 is 4.79 Å². The summed E-state index contributed by atoms with van der Waals surface area (Å²) in [6.07, 6.45) is 5.24. The van der Waals surface area contributed by atoms with Crippen LogP contribution in [0, 0.1) is 6.92 Å². The largest absolute Gasteiger partial charge is 0.308 e. The van der Waals surface area contributed by atoms with E-state index in [0.29, 0.717) is 12.4 Å². The Labute approximate surface area is 142 Å². The van der Waals surface area contributed by atoms with E-state index in [1.165, 1.54) is 5.56 Å². The molecule has 23 heavy (non-hydrogen) atoms. The normalized spacial score (nSPS) is 10.7. The second kappa shape index (κ2) is 6.78. The predicted molar refractivity (Wildman–Crippen MR) is 91.1 cm³/mol. The lowest BCUT2D eigenvalue weighted by atomic mass is 10.1. The third-order valence-corrected chi connectivity index (χ3v) is 3.69. The summed E-state index contributed by atoms with van der Waals surface area (Å²) in [4.78, 5) is 12.0. The minimum Gasteiger partial charge on any atom is -0.308 e. The minimum atomic E-state index is -0.166. The Balaban J connectivity index is 1.58. The van der Waals surface area contributed by atoms with Crippen LogP contribution < -0.4 is 5.32 Å². The second-order valence-corrected chi connectivity index (χ2v) is 6.20. The molecule has 0 spiro atoms. The van der Waals surface area contributed by atoms with Crippen LogP contribution in [-0.4, -0.2) is 25.5 Å². The molecule has 0 atom stereocenters. The van der Waals surface area contributed by atoms with Crippen molar-refractivity contribution in [3.8, 4) is 0 Å². The summed E-state index contributed by atoms with van der Waals surface area (Å²) in [5.41, 5.74) is 2.39. The SMILES string of the molecule is Cc1ccc(Cn2ccc(NC(=O)Cn3cc(Br)cn3)n2)cc1. The van der Waals surface area contributed by atoms with Crippen LogP contribution in [0.2, 0.25) is 0 Å². The lowest BCUT2D eigenvalue weighted by Gasteiger charge is -2.04. The minimum absolute atomic E-state index is 0.149.